The topological polar surface area (TPSA) is 78.3 Å². The number of nitrogens with one attached hydrogen (secondary N) is 1. The van der Waals surface area contributed by atoms with Gasteiger partial charge in [0.25, 0.3) is 0 Å². The summed E-state index contributed by atoms with van der Waals surface area (Å²) in [6, 6.07) is 13.1. The second kappa shape index (κ2) is 11.2. The van der Waals surface area contributed by atoms with Gasteiger partial charge in [-0.05, 0) is 54.8 Å². The normalized spacial score (nSPS) is 10.9. The minimum Gasteiger partial charge on any atom is -0.497 e. The zero-order valence-corrected chi connectivity index (χ0v) is 20.2. The molecular weight excluding hydrogens is 448 g/mol. The van der Waals surface area contributed by atoms with Crippen LogP contribution in [0.25, 0.3) is 5.69 Å². The van der Waals surface area contributed by atoms with Gasteiger partial charge in [0, 0.05) is 11.6 Å². The van der Waals surface area contributed by atoms with Crippen molar-refractivity contribution in [2.24, 2.45) is 5.92 Å². The van der Waals surface area contributed by atoms with E-state index in [0.29, 0.717) is 34.2 Å². The molecule has 0 saturated carbocycles. The molecule has 3 rings (SSSR count). The highest BCUT2D eigenvalue weighted by Gasteiger charge is 2.17. The number of aryl methyl sites for hydroxylation is 1. The van der Waals surface area contributed by atoms with Crippen molar-refractivity contribution in [3.8, 4) is 17.2 Å². The molecule has 0 aliphatic heterocycles. The maximum absolute atomic E-state index is 12.2. The lowest BCUT2D eigenvalue weighted by atomic mass is 10.2. The first kappa shape index (κ1) is 23.9. The Morgan fingerprint density at radius 1 is 1.16 bits per heavy atom. The summed E-state index contributed by atoms with van der Waals surface area (Å²) in [5.74, 6) is 2.63. The molecule has 170 valence electrons. The lowest BCUT2D eigenvalue weighted by molar-refractivity contribution is -0.118. The molecule has 2 aromatic carbocycles. The number of nitrogens with zero attached hydrogens (tertiary/aromatic N) is 3. The van der Waals surface area contributed by atoms with Crippen LogP contribution < -0.4 is 14.8 Å². The SMILES string of the molecule is COc1ccc(OCc2nnc(SCC(=O)NCC(C)C)n2-c2ccc(C)c(Cl)c2)cc1. The van der Waals surface area contributed by atoms with Gasteiger partial charge in [-0.25, -0.2) is 0 Å². The van der Waals surface area contributed by atoms with Crippen molar-refractivity contribution in [1.82, 2.24) is 20.1 Å². The molecule has 1 aromatic heterocycles. The molecule has 1 N–H and O–H groups in total. The lowest BCUT2D eigenvalue weighted by Gasteiger charge is -2.13. The van der Waals surface area contributed by atoms with Crippen molar-refractivity contribution >= 4 is 29.3 Å². The first-order valence-electron chi connectivity index (χ1n) is 10.2. The number of ether oxygens (including phenoxy) is 2. The van der Waals surface area contributed by atoms with E-state index in [4.69, 9.17) is 21.1 Å². The Labute approximate surface area is 197 Å². The Balaban J connectivity index is 1.80. The highest BCUT2D eigenvalue weighted by molar-refractivity contribution is 7.99. The highest BCUT2D eigenvalue weighted by atomic mass is 35.5. The molecule has 0 bridgehead atoms. The number of carbonyl (C=O) groups excluding carboxylic acids is 1. The number of amides is 1. The van der Waals surface area contributed by atoms with Crippen LogP contribution in [0.15, 0.2) is 47.6 Å². The van der Waals surface area contributed by atoms with Crippen LogP contribution in [0.1, 0.15) is 25.2 Å². The number of aromatic nitrogens is 3. The molecule has 7 nitrogen and oxygen atoms in total. The summed E-state index contributed by atoms with van der Waals surface area (Å²) >= 11 is 7.69. The molecule has 0 atom stereocenters. The van der Waals surface area contributed by atoms with Gasteiger partial charge in [-0.1, -0.05) is 43.3 Å². The average molecular weight is 475 g/mol. The van der Waals surface area contributed by atoms with Crippen LogP contribution in [-0.2, 0) is 11.4 Å². The Bertz CT molecular complexity index is 1050. The summed E-state index contributed by atoms with van der Waals surface area (Å²) in [5, 5.41) is 12.8. The Kier molecular flexibility index (Phi) is 8.41. The van der Waals surface area contributed by atoms with E-state index >= 15 is 0 Å². The monoisotopic (exact) mass is 474 g/mol. The third-order valence-corrected chi connectivity index (χ3v) is 5.92. The molecular formula is C23H27ClN4O3S. The summed E-state index contributed by atoms with van der Waals surface area (Å²) in [6.07, 6.45) is 0. The number of thioether (sulfide) groups is 1. The van der Waals surface area contributed by atoms with Crippen LogP contribution >= 0.6 is 23.4 Å². The fourth-order valence-corrected chi connectivity index (χ4v) is 3.76. The van der Waals surface area contributed by atoms with Crippen molar-refractivity contribution < 1.29 is 14.3 Å². The lowest BCUT2D eigenvalue weighted by Crippen LogP contribution is -2.28. The summed E-state index contributed by atoms with van der Waals surface area (Å²) in [4.78, 5) is 12.2. The van der Waals surface area contributed by atoms with E-state index in [1.54, 1.807) is 7.11 Å². The number of rotatable bonds is 10. The van der Waals surface area contributed by atoms with Gasteiger partial charge in [0.1, 0.15) is 18.1 Å². The maximum Gasteiger partial charge on any atom is 0.230 e. The van der Waals surface area contributed by atoms with E-state index < -0.39 is 0 Å². The molecule has 0 aliphatic rings. The van der Waals surface area contributed by atoms with Gasteiger partial charge in [0.2, 0.25) is 5.91 Å². The number of carbonyl (C=O) groups is 1. The first-order chi connectivity index (χ1) is 15.4. The number of methoxy groups -OCH3 is 1. The van der Waals surface area contributed by atoms with Gasteiger partial charge in [-0.3, -0.25) is 9.36 Å². The smallest absolute Gasteiger partial charge is 0.230 e. The number of hydrogen-bond acceptors (Lipinski definition) is 6. The average Bonchev–Trinajstić information content (AvgIpc) is 3.19. The van der Waals surface area contributed by atoms with Crippen LogP contribution in [0.4, 0.5) is 0 Å². The quantitative estimate of drug-likeness (QED) is 0.430. The van der Waals surface area contributed by atoms with Gasteiger partial charge in [0.05, 0.1) is 18.6 Å². The first-order valence-corrected chi connectivity index (χ1v) is 11.6. The second-order valence-corrected chi connectivity index (χ2v) is 8.97. The number of halogens is 1. The van der Waals surface area contributed by atoms with E-state index in [1.165, 1.54) is 11.8 Å². The molecule has 0 spiro atoms. The standard InChI is InChI=1S/C23H27ClN4O3S/c1-15(2)12-25-22(29)14-32-23-27-26-21(13-31-19-9-7-18(30-4)8-10-19)28(23)17-6-5-16(3)20(24)11-17/h5-11,15H,12-14H2,1-4H3,(H,25,29). The predicted molar refractivity (Wildman–Crippen MR) is 127 cm³/mol. The third-order valence-electron chi connectivity index (χ3n) is 4.58. The van der Waals surface area contributed by atoms with E-state index in [9.17, 15) is 4.79 Å². The fraction of sp³-hybridized carbons (Fsp3) is 0.348. The van der Waals surface area contributed by atoms with Crippen molar-refractivity contribution in [1.29, 1.82) is 0 Å². The van der Waals surface area contributed by atoms with Crippen LogP contribution in [-0.4, -0.2) is 40.1 Å². The largest absolute Gasteiger partial charge is 0.497 e. The summed E-state index contributed by atoms with van der Waals surface area (Å²) < 4.78 is 13.0. The third kappa shape index (κ3) is 6.40. The van der Waals surface area contributed by atoms with Gasteiger partial charge < -0.3 is 14.8 Å². The number of benzene rings is 2. The summed E-state index contributed by atoms with van der Waals surface area (Å²) in [6.45, 7) is 6.90. The minimum atomic E-state index is -0.0452. The molecule has 0 aliphatic carbocycles. The fourth-order valence-electron chi connectivity index (χ4n) is 2.79. The molecule has 9 heteroatoms. The predicted octanol–water partition coefficient (Wildman–Crippen LogP) is 4.68. The molecule has 0 fully saturated rings. The highest BCUT2D eigenvalue weighted by Crippen LogP contribution is 2.26. The second-order valence-electron chi connectivity index (χ2n) is 7.62. The van der Waals surface area contributed by atoms with E-state index in [2.05, 4.69) is 29.4 Å². The van der Waals surface area contributed by atoms with Crippen LogP contribution in [0.2, 0.25) is 5.02 Å². The molecule has 1 amide bonds. The van der Waals surface area contributed by atoms with E-state index in [1.807, 2.05) is 54.0 Å². The molecule has 3 aromatic rings. The molecule has 0 saturated heterocycles. The van der Waals surface area contributed by atoms with E-state index in [0.717, 1.165) is 17.0 Å². The molecule has 1 heterocycles. The van der Waals surface area contributed by atoms with Gasteiger partial charge in [-0.2, -0.15) is 0 Å². The summed E-state index contributed by atoms with van der Waals surface area (Å²) in [7, 11) is 1.62. The Morgan fingerprint density at radius 2 is 1.88 bits per heavy atom. The zero-order valence-electron chi connectivity index (χ0n) is 18.6. The van der Waals surface area contributed by atoms with Crippen LogP contribution in [0, 0.1) is 12.8 Å². The molecule has 0 unspecified atom stereocenters. The maximum atomic E-state index is 12.2. The zero-order chi connectivity index (χ0) is 23.1. The van der Waals surface area contributed by atoms with Crippen molar-refractivity contribution in [2.75, 3.05) is 19.4 Å². The van der Waals surface area contributed by atoms with Crippen molar-refractivity contribution in [3.63, 3.8) is 0 Å². The van der Waals surface area contributed by atoms with Crippen molar-refractivity contribution in [2.45, 2.75) is 32.5 Å². The molecule has 32 heavy (non-hydrogen) atoms. The molecule has 0 radical (unpaired) electrons. The van der Waals surface area contributed by atoms with Gasteiger partial charge in [-0.15, -0.1) is 10.2 Å². The summed E-state index contributed by atoms with van der Waals surface area (Å²) in [5.41, 5.74) is 1.78. The van der Waals surface area contributed by atoms with E-state index in [-0.39, 0.29) is 18.3 Å². The number of hydrogen-bond donors (Lipinski definition) is 1. The minimum absolute atomic E-state index is 0.0452. The van der Waals surface area contributed by atoms with Gasteiger partial charge in [0.15, 0.2) is 11.0 Å². The Morgan fingerprint density at radius 3 is 2.53 bits per heavy atom. The van der Waals surface area contributed by atoms with Crippen molar-refractivity contribution in [3.05, 3.63) is 58.9 Å². The Hall–Kier alpha value is -2.71. The van der Waals surface area contributed by atoms with Gasteiger partial charge >= 0.3 is 0 Å². The van der Waals surface area contributed by atoms with Crippen LogP contribution in [0.3, 0.4) is 0 Å². The van der Waals surface area contributed by atoms with Crippen LogP contribution in [0.5, 0.6) is 11.5 Å².